The topological polar surface area (TPSA) is 96.2 Å². The molecular formula is C26H30N4O5. The number of nitrogens with zero attached hydrogens (tertiary/aromatic N) is 4. The van der Waals surface area contributed by atoms with Crippen LogP contribution < -0.4 is 19.4 Å². The monoisotopic (exact) mass is 478 g/mol. The molecule has 2 aromatic carbocycles. The summed E-state index contributed by atoms with van der Waals surface area (Å²) < 4.78 is 5.76. The van der Waals surface area contributed by atoms with Gasteiger partial charge in [0.2, 0.25) is 11.8 Å². The van der Waals surface area contributed by atoms with Crippen LogP contribution in [0.2, 0.25) is 0 Å². The standard InChI is InChI=1S/C26H30N4O5/c1-2-35-24-10-6-5-9-22(24)28-15-13-27(14-16-28)21-12-11-18(17-23(21)30(33)34)29-25(31)19-7-3-4-8-20(19)26(29)32/h5-6,9-12,17,19-20H,2-4,7-8,13-16H2,1H3. The minimum absolute atomic E-state index is 0.0823. The number of benzene rings is 2. The number of rotatable bonds is 6. The molecule has 3 aliphatic rings. The van der Waals surface area contributed by atoms with Crippen LogP contribution in [0.3, 0.4) is 0 Å². The van der Waals surface area contributed by atoms with Crippen LogP contribution in [-0.4, -0.2) is 49.5 Å². The second kappa shape index (κ2) is 9.56. The van der Waals surface area contributed by atoms with Crippen LogP contribution in [0.15, 0.2) is 42.5 Å². The van der Waals surface area contributed by atoms with E-state index < -0.39 is 4.92 Å². The molecule has 184 valence electrons. The van der Waals surface area contributed by atoms with Gasteiger partial charge in [-0.3, -0.25) is 19.7 Å². The number of carbonyl (C=O) groups is 2. The average molecular weight is 479 g/mol. The van der Waals surface area contributed by atoms with Crippen LogP contribution in [0, 0.1) is 22.0 Å². The Hall–Kier alpha value is -3.62. The van der Waals surface area contributed by atoms with Gasteiger partial charge in [-0.2, -0.15) is 0 Å². The Morgan fingerprint density at radius 2 is 1.51 bits per heavy atom. The molecule has 1 aliphatic carbocycles. The summed E-state index contributed by atoms with van der Waals surface area (Å²) in [6, 6.07) is 12.6. The molecule has 9 nitrogen and oxygen atoms in total. The molecule has 0 N–H and O–H groups in total. The lowest BCUT2D eigenvalue weighted by Gasteiger charge is -2.37. The highest BCUT2D eigenvalue weighted by atomic mass is 16.6. The maximum absolute atomic E-state index is 13.0. The van der Waals surface area contributed by atoms with Crippen LogP contribution in [0.25, 0.3) is 0 Å². The van der Waals surface area contributed by atoms with Crippen LogP contribution in [-0.2, 0) is 9.59 Å². The third-order valence-corrected chi connectivity index (χ3v) is 7.38. The first-order valence-electron chi connectivity index (χ1n) is 12.4. The number of piperazine rings is 1. The van der Waals surface area contributed by atoms with Gasteiger partial charge in [-0.15, -0.1) is 0 Å². The zero-order chi connectivity index (χ0) is 24.5. The SMILES string of the molecule is CCOc1ccccc1N1CCN(c2ccc(N3C(=O)C4CCCCC4C3=O)cc2[N+](=O)[O-])CC1. The van der Waals surface area contributed by atoms with Gasteiger partial charge in [0, 0.05) is 32.2 Å². The minimum Gasteiger partial charge on any atom is -0.492 e. The molecule has 35 heavy (non-hydrogen) atoms. The molecule has 2 aliphatic heterocycles. The van der Waals surface area contributed by atoms with E-state index in [-0.39, 0.29) is 29.3 Å². The van der Waals surface area contributed by atoms with Crippen molar-refractivity contribution in [1.29, 1.82) is 0 Å². The zero-order valence-electron chi connectivity index (χ0n) is 19.9. The lowest BCUT2D eigenvalue weighted by Crippen LogP contribution is -2.46. The van der Waals surface area contributed by atoms with Crippen molar-refractivity contribution in [3.63, 3.8) is 0 Å². The number of ether oxygens (including phenoxy) is 1. The average Bonchev–Trinajstić information content (AvgIpc) is 3.14. The van der Waals surface area contributed by atoms with Gasteiger partial charge >= 0.3 is 0 Å². The fourth-order valence-electron chi connectivity index (χ4n) is 5.67. The number of nitro benzene ring substituents is 1. The summed E-state index contributed by atoms with van der Waals surface area (Å²) in [6.07, 6.45) is 3.30. The molecule has 2 aromatic rings. The molecule has 0 aromatic heterocycles. The van der Waals surface area contributed by atoms with Gasteiger partial charge in [0.25, 0.3) is 5.69 Å². The quantitative estimate of drug-likeness (QED) is 0.352. The second-order valence-corrected chi connectivity index (χ2v) is 9.31. The van der Waals surface area contributed by atoms with Crippen molar-refractivity contribution >= 4 is 34.6 Å². The normalized spacial score (nSPS) is 22.4. The summed E-state index contributed by atoms with van der Waals surface area (Å²) in [5.74, 6) is -0.184. The van der Waals surface area contributed by atoms with Gasteiger partial charge in [-0.05, 0) is 44.0 Å². The maximum Gasteiger partial charge on any atom is 0.294 e. The highest BCUT2D eigenvalue weighted by Gasteiger charge is 2.49. The highest BCUT2D eigenvalue weighted by molar-refractivity contribution is 6.22. The van der Waals surface area contributed by atoms with Gasteiger partial charge < -0.3 is 14.5 Å². The second-order valence-electron chi connectivity index (χ2n) is 9.31. The summed E-state index contributed by atoms with van der Waals surface area (Å²) >= 11 is 0. The minimum atomic E-state index is -0.423. The Labute approximate surface area is 204 Å². The van der Waals surface area contributed by atoms with Crippen molar-refractivity contribution in [3.05, 3.63) is 52.6 Å². The molecule has 2 amide bonds. The lowest BCUT2D eigenvalue weighted by molar-refractivity contribution is -0.384. The number of para-hydroxylation sites is 2. The fourth-order valence-corrected chi connectivity index (χ4v) is 5.67. The van der Waals surface area contributed by atoms with Crippen molar-refractivity contribution in [2.75, 3.05) is 47.5 Å². The van der Waals surface area contributed by atoms with Gasteiger partial charge in [0.05, 0.1) is 34.7 Å². The van der Waals surface area contributed by atoms with Crippen LogP contribution in [0.5, 0.6) is 5.75 Å². The van der Waals surface area contributed by atoms with Crippen LogP contribution in [0.1, 0.15) is 32.6 Å². The molecule has 0 bridgehead atoms. The summed E-state index contributed by atoms with van der Waals surface area (Å²) in [4.78, 5) is 42.9. The first-order chi connectivity index (χ1) is 17.0. The molecule has 3 fully saturated rings. The predicted molar refractivity (Wildman–Crippen MR) is 133 cm³/mol. The van der Waals surface area contributed by atoms with E-state index in [0.29, 0.717) is 57.0 Å². The summed E-state index contributed by atoms with van der Waals surface area (Å²) in [7, 11) is 0. The van der Waals surface area contributed by atoms with E-state index >= 15 is 0 Å². The van der Waals surface area contributed by atoms with Crippen molar-refractivity contribution in [3.8, 4) is 5.75 Å². The smallest absolute Gasteiger partial charge is 0.294 e. The third-order valence-electron chi connectivity index (χ3n) is 7.38. The van der Waals surface area contributed by atoms with Crippen molar-refractivity contribution in [1.82, 2.24) is 0 Å². The Balaban J connectivity index is 1.36. The molecule has 2 atom stereocenters. The van der Waals surface area contributed by atoms with Gasteiger partial charge in [0.1, 0.15) is 11.4 Å². The molecule has 5 rings (SSSR count). The lowest BCUT2D eigenvalue weighted by atomic mass is 9.81. The number of nitro groups is 1. The molecule has 0 spiro atoms. The summed E-state index contributed by atoms with van der Waals surface area (Å²) in [5, 5.41) is 12.0. The molecule has 2 unspecified atom stereocenters. The van der Waals surface area contributed by atoms with Crippen LogP contribution >= 0.6 is 0 Å². The summed E-state index contributed by atoms with van der Waals surface area (Å²) in [5.41, 5.74) is 1.75. The van der Waals surface area contributed by atoms with Crippen LogP contribution in [0.4, 0.5) is 22.7 Å². The van der Waals surface area contributed by atoms with Crippen molar-refractivity contribution in [2.24, 2.45) is 11.8 Å². The van der Waals surface area contributed by atoms with E-state index in [1.807, 2.05) is 36.1 Å². The summed E-state index contributed by atoms with van der Waals surface area (Å²) in [6.45, 7) is 5.12. The number of fused-ring (bicyclic) bond motifs is 1. The number of carbonyl (C=O) groups excluding carboxylic acids is 2. The largest absolute Gasteiger partial charge is 0.492 e. The zero-order valence-corrected chi connectivity index (χ0v) is 19.9. The predicted octanol–water partition coefficient (Wildman–Crippen LogP) is 4.00. The third kappa shape index (κ3) is 4.19. The Bertz CT molecular complexity index is 1120. The number of amides is 2. The van der Waals surface area contributed by atoms with E-state index in [0.717, 1.165) is 24.3 Å². The van der Waals surface area contributed by atoms with Crippen molar-refractivity contribution < 1.29 is 19.2 Å². The van der Waals surface area contributed by atoms with E-state index in [2.05, 4.69) is 4.90 Å². The Kier molecular flexibility index (Phi) is 6.32. The van der Waals surface area contributed by atoms with Gasteiger partial charge in [-0.1, -0.05) is 25.0 Å². The number of hydrogen-bond donors (Lipinski definition) is 0. The van der Waals surface area contributed by atoms with E-state index in [9.17, 15) is 19.7 Å². The molecule has 1 saturated carbocycles. The van der Waals surface area contributed by atoms with Crippen molar-refractivity contribution in [2.45, 2.75) is 32.6 Å². The Morgan fingerprint density at radius 1 is 0.914 bits per heavy atom. The number of anilines is 3. The molecule has 9 heteroatoms. The van der Waals surface area contributed by atoms with E-state index in [1.165, 1.54) is 11.0 Å². The molecule has 2 saturated heterocycles. The molecule has 0 radical (unpaired) electrons. The molecule has 2 heterocycles. The first kappa shape index (κ1) is 23.1. The maximum atomic E-state index is 13.0. The number of hydrogen-bond acceptors (Lipinski definition) is 7. The van der Waals surface area contributed by atoms with Gasteiger partial charge in [0.15, 0.2) is 0 Å². The highest BCUT2D eigenvalue weighted by Crippen LogP contribution is 2.42. The van der Waals surface area contributed by atoms with Gasteiger partial charge in [-0.25, -0.2) is 4.90 Å². The number of imide groups is 1. The molecular weight excluding hydrogens is 448 g/mol. The Morgan fingerprint density at radius 3 is 2.11 bits per heavy atom. The van der Waals surface area contributed by atoms with E-state index in [1.54, 1.807) is 12.1 Å². The first-order valence-corrected chi connectivity index (χ1v) is 12.4. The van der Waals surface area contributed by atoms with E-state index in [4.69, 9.17) is 4.74 Å². The fraction of sp³-hybridized carbons (Fsp3) is 0.462.